The Morgan fingerprint density at radius 3 is 2.60 bits per heavy atom. The molecular formula is C30H49N5O4S3. The largest absolute Gasteiger partial charge is 0.350 e. The molecule has 1 unspecified atom stereocenters. The molecule has 0 saturated carbocycles. The fraction of sp³-hybridized carbons (Fsp3) is 0.733. The van der Waals surface area contributed by atoms with Gasteiger partial charge in [-0.15, -0.1) is 23.5 Å². The molecule has 0 spiro atoms. The molecule has 9 nitrogen and oxygen atoms in total. The lowest BCUT2D eigenvalue weighted by Crippen LogP contribution is -2.56. The molecule has 0 aromatic carbocycles. The zero-order chi connectivity index (χ0) is 31.1. The van der Waals surface area contributed by atoms with Gasteiger partial charge in [0.1, 0.15) is 11.6 Å². The van der Waals surface area contributed by atoms with Crippen molar-refractivity contribution in [2.24, 2.45) is 15.9 Å². The van der Waals surface area contributed by atoms with E-state index < -0.39 is 17.6 Å². The fourth-order valence-electron chi connectivity index (χ4n) is 4.46. The predicted molar refractivity (Wildman–Crippen MR) is 180 cm³/mol. The molecular weight excluding hydrogens is 591 g/mol. The molecule has 2 aliphatic heterocycles. The Morgan fingerprint density at radius 1 is 1.17 bits per heavy atom. The molecule has 0 radical (unpaired) electrons. The van der Waals surface area contributed by atoms with E-state index in [1.54, 1.807) is 6.92 Å². The smallest absolute Gasteiger partial charge is 0.249 e. The standard InChI is InChI=1S/C30H49N5O4S3/c1-7-8-9-10-11-15-25(37)41-16-13-12-14-22-17-23(36)31-18-24(40-6)32-21(4)28-35-30(5,19-42-28)29(39)34-26(20(2)3)27(38)33-22/h12,14,20-22,26H,7-11,13,15-19H2,1-6H3,(H,31,36)(H,33,38)(H,34,39)/b14-12+,32-24?/t21?,22-,26+,30+/m1/s1. The number of rotatable bonds is 11. The summed E-state index contributed by atoms with van der Waals surface area (Å²) in [5, 5.41) is 10.5. The van der Waals surface area contributed by atoms with Crippen molar-refractivity contribution in [1.29, 1.82) is 0 Å². The number of fused-ring (bicyclic) bond motifs is 1. The van der Waals surface area contributed by atoms with Crippen molar-refractivity contribution >= 4 is 68.2 Å². The van der Waals surface area contributed by atoms with E-state index in [0.717, 1.165) is 22.9 Å². The van der Waals surface area contributed by atoms with Gasteiger partial charge in [-0.05, 0) is 38.9 Å². The number of nitrogens with zero attached hydrogens (tertiary/aromatic N) is 2. The molecule has 236 valence electrons. The minimum atomic E-state index is -0.994. The van der Waals surface area contributed by atoms with Gasteiger partial charge in [0.15, 0.2) is 5.12 Å². The second-order valence-electron chi connectivity index (χ2n) is 11.3. The zero-order valence-corrected chi connectivity index (χ0v) is 28.4. The molecule has 0 aliphatic carbocycles. The maximum absolute atomic E-state index is 13.4. The average molecular weight is 640 g/mol. The van der Waals surface area contributed by atoms with Crippen LogP contribution in [-0.4, -0.2) is 80.9 Å². The van der Waals surface area contributed by atoms with Crippen LogP contribution >= 0.6 is 35.3 Å². The Hall–Kier alpha value is -1.79. The fourth-order valence-corrected chi connectivity index (χ4v) is 6.89. The summed E-state index contributed by atoms with van der Waals surface area (Å²) in [4.78, 5) is 61.3. The molecule has 2 rings (SSSR count). The van der Waals surface area contributed by atoms with Gasteiger partial charge < -0.3 is 16.0 Å². The van der Waals surface area contributed by atoms with E-state index in [4.69, 9.17) is 9.98 Å². The van der Waals surface area contributed by atoms with Gasteiger partial charge in [0, 0.05) is 17.9 Å². The normalized spacial score (nSPS) is 26.1. The van der Waals surface area contributed by atoms with Crippen LogP contribution in [0, 0.1) is 5.92 Å². The highest BCUT2D eigenvalue weighted by molar-refractivity contribution is 8.14. The van der Waals surface area contributed by atoms with Crippen LogP contribution in [0.15, 0.2) is 22.1 Å². The summed E-state index contributed by atoms with van der Waals surface area (Å²) >= 11 is 4.29. The van der Waals surface area contributed by atoms with Crippen molar-refractivity contribution in [3.63, 3.8) is 0 Å². The lowest BCUT2D eigenvalue weighted by Gasteiger charge is -2.28. The van der Waals surface area contributed by atoms with Crippen LogP contribution < -0.4 is 16.0 Å². The van der Waals surface area contributed by atoms with Crippen molar-refractivity contribution in [1.82, 2.24) is 16.0 Å². The topological polar surface area (TPSA) is 129 Å². The van der Waals surface area contributed by atoms with Crippen LogP contribution in [0.1, 0.15) is 86.0 Å². The lowest BCUT2D eigenvalue weighted by atomic mass is 9.99. The van der Waals surface area contributed by atoms with Crippen LogP contribution in [0.5, 0.6) is 0 Å². The predicted octanol–water partition coefficient (Wildman–Crippen LogP) is 4.75. The molecule has 0 aromatic rings. The number of aliphatic imine (C=N–C) groups is 2. The molecule has 2 aliphatic rings. The number of nitrogens with one attached hydrogen (secondary N) is 3. The number of thioether (sulfide) groups is 3. The molecule has 0 aromatic heterocycles. The number of hydrogen-bond acceptors (Lipinski definition) is 9. The van der Waals surface area contributed by atoms with E-state index in [1.165, 1.54) is 54.5 Å². The molecule has 0 fully saturated rings. The number of carbonyl (C=O) groups is 4. The van der Waals surface area contributed by atoms with Crippen LogP contribution in [0.4, 0.5) is 0 Å². The highest BCUT2D eigenvalue weighted by atomic mass is 32.2. The Morgan fingerprint density at radius 2 is 1.90 bits per heavy atom. The average Bonchev–Trinajstić information content (AvgIpc) is 3.36. The van der Waals surface area contributed by atoms with E-state index in [-0.39, 0.29) is 47.8 Å². The number of carbonyl (C=O) groups excluding carboxylic acids is 4. The van der Waals surface area contributed by atoms with Crippen molar-refractivity contribution in [2.45, 2.75) is 110 Å². The van der Waals surface area contributed by atoms with Gasteiger partial charge >= 0.3 is 0 Å². The number of amides is 3. The van der Waals surface area contributed by atoms with Crippen LogP contribution in [-0.2, 0) is 19.2 Å². The van der Waals surface area contributed by atoms with E-state index in [9.17, 15) is 19.2 Å². The molecule has 42 heavy (non-hydrogen) atoms. The summed E-state index contributed by atoms with van der Waals surface area (Å²) in [7, 11) is 0. The van der Waals surface area contributed by atoms with Crippen molar-refractivity contribution in [2.75, 3.05) is 24.3 Å². The molecule has 2 bridgehead atoms. The Labute approximate surface area is 264 Å². The Balaban J connectivity index is 2.12. The van der Waals surface area contributed by atoms with Gasteiger partial charge in [-0.2, -0.15) is 0 Å². The van der Waals surface area contributed by atoms with Gasteiger partial charge in [-0.1, -0.05) is 70.4 Å². The molecule has 2 heterocycles. The highest BCUT2D eigenvalue weighted by Crippen LogP contribution is 2.31. The first-order chi connectivity index (χ1) is 20.0. The first-order valence-corrected chi connectivity index (χ1v) is 18.2. The van der Waals surface area contributed by atoms with Crippen LogP contribution in [0.2, 0.25) is 0 Å². The van der Waals surface area contributed by atoms with Gasteiger partial charge in [0.2, 0.25) is 17.7 Å². The van der Waals surface area contributed by atoms with E-state index in [1.807, 2.05) is 39.2 Å². The summed E-state index contributed by atoms with van der Waals surface area (Å²) in [6.07, 6.45) is 12.5. The minimum absolute atomic E-state index is 0.0440. The zero-order valence-electron chi connectivity index (χ0n) is 26.0. The SMILES string of the molecule is CCCCCCCC(=O)SCC/C=C/[C@@H]1CC(=O)NCC(SC)=NC(C)C2=N[C@@](C)(CS2)C(=O)N[C@@H](C(C)C)C(=O)N1. The van der Waals surface area contributed by atoms with Gasteiger partial charge in [0.25, 0.3) is 0 Å². The second kappa shape index (κ2) is 18.8. The molecule has 0 saturated heterocycles. The van der Waals surface area contributed by atoms with Gasteiger partial charge in [-0.25, -0.2) is 0 Å². The van der Waals surface area contributed by atoms with E-state index >= 15 is 0 Å². The molecule has 3 N–H and O–H groups in total. The highest BCUT2D eigenvalue weighted by Gasteiger charge is 2.41. The van der Waals surface area contributed by atoms with Crippen LogP contribution in [0.3, 0.4) is 0 Å². The summed E-state index contributed by atoms with van der Waals surface area (Å²) in [6, 6.07) is -1.60. The Kier molecular flexibility index (Phi) is 16.3. The van der Waals surface area contributed by atoms with Crippen molar-refractivity contribution in [3.05, 3.63) is 12.2 Å². The third kappa shape index (κ3) is 12.4. The summed E-state index contributed by atoms with van der Waals surface area (Å²) in [5.41, 5.74) is -0.994. The maximum Gasteiger partial charge on any atom is 0.249 e. The summed E-state index contributed by atoms with van der Waals surface area (Å²) < 4.78 is 0. The second-order valence-corrected chi connectivity index (χ2v) is 14.3. The maximum atomic E-state index is 13.4. The van der Waals surface area contributed by atoms with E-state index in [2.05, 4.69) is 22.9 Å². The quantitative estimate of drug-likeness (QED) is 0.220. The monoisotopic (exact) mass is 639 g/mol. The summed E-state index contributed by atoms with van der Waals surface area (Å²) in [5.74, 6) is 0.0695. The number of hydrogen-bond donors (Lipinski definition) is 3. The Bertz CT molecular complexity index is 1030. The van der Waals surface area contributed by atoms with E-state index in [0.29, 0.717) is 24.3 Å². The van der Waals surface area contributed by atoms with Crippen molar-refractivity contribution in [3.8, 4) is 0 Å². The molecule has 4 atom stereocenters. The third-order valence-corrected chi connectivity index (χ3v) is 10.2. The molecule has 12 heteroatoms. The van der Waals surface area contributed by atoms with Crippen molar-refractivity contribution < 1.29 is 19.2 Å². The first-order valence-electron chi connectivity index (χ1n) is 15.0. The number of unbranched alkanes of at least 4 members (excludes halogenated alkanes) is 4. The summed E-state index contributed by atoms with van der Waals surface area (Å²) in [6.45, 7) is 9.92. The number of allylic oxidation sites excluding steroid dienone is 1. The third-order valence-electron chi connectivity index (χ3n) is 7.08. The lowest BCUT2D eigenvalue weighted by molar-refractivity contribution is -0.132. The van der Waals surface area contributed by atoms with Crippen LogP contribution in [0.25, 0.3) is 0 Å². The molecule has 3 amide bonds. The minimum Gasteiger partial charge on any atom is -0.350 e. The first kappa shape index (κ1) is 36.4. The van der Waals surface area contributed by atoms with Gasteiger partial charge in [-0.3, -0.25) is 29.2 Å². The van der Waals surface area contributed by atoms with Gasteiger partial charge in [0.05, 0.1) is 35.1 Å².